The van der Waals surface area contributed by atoms with Crippen LogP contribution >= 0.6 is 0 Å². The van der Waals surface area contributed by atoms with Crippen LogP contribution < -0.4 is 4.90 Å². The number of rotatable bonds is 5. The average Bonchev–Trinajstić information content (AvgIpc) is 2.83. The summed E-state index contributed by atoms with van der Waals surface area (Å²) in [6.07, 6.45) is 8.28. The van der Waals surface area contributed by atoms with Crippen molar-refractivity contribution >= 4 is 5.69 Å². The van der Waals surface area contributed by atoms with Crippen LogP contribution in [0.15, 0.2) is 30.7 Å². The summed E-state index contributed by atoms with van der Waals surface area (Å²) in [5, 5.41) is 0. The highest BCUT2D eigenvalue weighted by Crippen LogP contribution is 2.17. The lowest BCUT2D eigenvalue weighted by Crippen LogP contribution is -2.31. The summed E-state index contributed by atoms with van der Waals surface area (Å²) in [7, 11) is 0. The SMILES string of the molecule is CCCn1ccnc1CN1CCCN(c2ccnc(C)c2)CC1. The Morgan fingerprint density at radius 3 is 2.83 bits per heavy atom. The minimum Gasteiger partial charge on any atom is -0.370 e. The molecule has 1 aliphatic rings. The summed E-state index contributed by atoms with van der Waals surface area (Å²) >= 11 is 0. The Bertz CT molecular complexity index is 621. The van der Waals surface area contributed by atoms with Crippen molar-refractivity contribution < 1.29 is 0 Å². The number of hydrogen-bond acceptors (Lipinski definition) is 4. The highest BCUT2D eigenvalue weighted by atomic mass is 15.2. The van der Waals surface area contributed by atoms with Crippen molar-refractivity contribution in [3.05, 3.63) is 42.2 Å². The minimum atomic E-state index is 0.955. The first-order valence-corrected chi connectivity index (χ1v) is 8.66. The molecule has 0 aliphatic carbocycles. The first kappa shape index (κ1) is 16.0. The van der Waals surface area contributed by atoms with Crippen LogP contribution in [0.25, 0.3) is 0 Å². The zero-order chi connectivity index (χ0) is 16.1. The first-order chi connectivity index (χ1) is 11.3. The predicted molar refractivity (Wildman–Crippen MR) is 93.6 cm³/mol. The lowest BCUT2D eigenvalue weighted by molar-refractivity contribution is 0.273. The lowest BCUT2D eigenvalue weighted by atomic mass is 10.3. The third kappa shape index (κ3) is 4.10. The minimum absolute atomic E-state index is 0.955. The first-order valence-electron chi connectivity index (χ1n) is 8.66. The highest BCUT2D eigenvalue weighted by Gasteiger charge is 2.17. The quantitative estimate of drug-likeness (QED) is 0.850. The molecule has 2 aromatic rings. The second kappa shape index (κ2) is 7.59. The molecule has 1 saturated heterocycles. The van der Waals surface area contributed by atoms with Gasteiger partial charge in [0, 0.05) is 62.7 Å². The maximum atomic E-state index is 4.55. The molecule has 0 N–H and O–H groups in total. The normalized spacial score (nSPS) is 16.5. The van der Waals surface area contributed by atoms with Gasteiger partial charge in [-0.25, -0.2) is 4.98 Å². The van der Waals surface area contributed by atoms with Gasteiger partial charge in [-0.2, -0.15) is 0 Å². The van der Waals surface area contributed by atoms with Gasteiger partial charge in [-0.3, -0.25) is 9.88 Å². The Balaban J connectivity index is 1.61. The molecule has 23 heavy (non-hydrogen) atoms. The van der Waals surface area contributed by atoms with E-state index < -0.39 is 0 Å². The molecule has 0 amide bonds. The summed E-state index contributed by atoms with van der Waals surface area (Å²) in [5.74, 6) is 1.19. The van der Waals surface area contributed by atoms with E-state index >= 15 is 0 Å². The van der Waals surface area contributed by atoms with Gasteiger partial charge in [-0.15, -0.1) is 0 Å². The number of aryl methyl sites for hydroxylation is 2. The van der Waals surface area contributed by atoms with Gasteiger partial charge in [0.05, 0.1) is 6.54 Å². The molecular formula is C18H27N5. The van der Waals surface area contributed by atoms with Crippen molar-refractivity contribution in [2.24, 2.45) is 0 Å². The van der Waals surface area contributed by atoms with Crippen molar-refractivity contribution in [1.29, 1.82) is 0 Å². The molecule has 0 unspecified atom stereocenters. The molecule has 124 valence electrons. The van der Waals surface area contributed by atoms with Gasteiger partial charge in [0.25, 0.3) is 0 Å². The van der Waals surface area contributed by atoms with E-state index in [0.29, 0.717) is 0 Å². The molecule has 0 aromatic carbocycles. The number of nitrogens with zero attached hydrogens (tertiary/aromatic N) is 5. The largest absolute Gasteiger partial charge is 0.370 e. The van der Waals surface area contributed by atoms with Gasteiger partial charge < -0.3 is 9.47 Å². The molecule has 2 aromatic heterocycles. The van der Waals surface area contributed by atoms with Gasteiger partial charge >= 0.3 is 0 Å². The Labute approximate surface area is 139 Å². The Morgan fingerprint density at radius 2 is 2.00 bits per heavy atom. The smallest absolute Gasteiger partial charge is 0.122 e. The van der Waals surface area contributed by atoms with Crippen LogP contribution in [0.5, 0.6) is 0 Å². The molecule has 0 spiro atoms. The van der Waals surface area contributed by atoms with E-state index in [2.05, 4.69) is 56.5 Å². The van der Waals surface area contributed by atoms with Gasteiger partial charge in [0.2, 0.25) is 0 Å². The third-order valence-electron chi connectivity index (χ3n) is 4.47. The number of imidazole rings is 1. The van der Waals surface area contributed by atoms with Gasteiger partial charge in [-0.05, 0) is 31.9 Å². The molecule has 0 atom stereocenters. The Hall–Kier alpha value is -1.88. The molecule has 5 heteroatoms. The maximum absolute atomic E-state index is 4.55. The summed E-state index contributed by atoms with van der Waals surface area (Å²) in [4.78, 5) is 13.9. The summed E-state index contributed by atoms with van der Waals surface area (Å²) < 4.78 is 2.29. The monoisotopic (exact) mass is 313 g/mol. The zero-order valence-electron chi connectivity index (χ0n) is 14.3. The topological polar surface area (TPSA) is 37.2 Å². The number of aromatic nitrogens is 3. The number of anilines is 1. The van der Waals surface area contributed by atoms with Crippen LogP contribution in [0.4, 0.5) is 5.69 Å². The van der Waals surface area contributed by atoms with Gasteiger partial charge in [0.15, 0.2) is 0 Å². The second-order valence-corrected chi connectivity index (χ2v) is 6.31. The van der Waals surface area contributed by atoms with E-state index in [1.165, 1.54) is 17.9 Å². The molecule has 3 heterocycles. The Kier molecular flexibility index (Phi) is 5.28. The zero-order valence-corrected chi connectivity index (χ0v) is 14.3. The average molecular weight is 313 g/mol. The van der Waals surface area contributed by atoms with Crippen molar-refractivity contribution in [3.8, 4) is 0 Å². The molecule has 1 aliphatic heterocycles. The van der Waals surface area contributed by atoms with Crippen LogP contribution in [-0.2, 0) is 13.1 Å². The molecule has 1 fully saturated rings. The highest BCUT2D eigenvalue weighted by molar-refractivity contribution is 5.46. The van der Waals surface area contributed by atoms with E-state index in [1.54, 1.807) is 0 Å². The second-order valence-electron chi connectivity index (χ2n) is 6.31. The van der Waals surface area contributed by atoms with E-state index in [0.717, 1.165) is 51.4 Å². The van der Waals surface area contributed by atoms with E-state index in [9.17, 15) is 0 Å². The van der Waals surface area contributed by atoms with Crippen LogP contribution in [0, 0.1) is 6.92 Å². The van der Waals surface area contributed by atoms with Crippen LogP contribution in [0.1, 0.15) is 31.3 Å². The van der Waals surface area contributed by atoms with Crippen molar-refractivity contribution in [2.75, 3.05) is 31.1 Å². The molecule has 0 saturated carbocycles. The van der Waals surface area contributed by atoms with Crippen molar-refractivity contribution in [2.45, 2.75) is 39.8 Å². The van der Waals surface area contributed by atoms with Gasteiger partial charge in [-0.1, -0.05) is 6.92 Å². The molecular weight excluding hydrogens is 286 g/mol. The Morgan fingerprint density at radius 1 is 1.09 bits per heavy atom. The van der Waals surface area contributed by atoms with E-state index in [-0.39, 0.29) is 0 Å². The van der Waals surface area contributed by atoms with Gasteiger partial charge in [0.1, 0.15) is 5.82 Å². The maximum Gasteiger partial charge on any atom is 0.122 e. The predicted octanol–water partition coefficient (Wildman–Crippen LogP) is 2.71. The number of hydrogen-bond donors (Lipinski definition) is 0. The molecule has 3 rings (SSSR count). The van der Waals surface area contributed by atoms with E-state index in [1.807, 2.05) is 12.4 Å². The van der Waals surface area contributed by atoms with E-state index in [4.69, 9.17) is 0 Å². The fourth-order valence-electron chi connectivity index (χ4n) is 3.25. The molecule has 0 radical (unpaired) electrons. The summed E-state index contributed by atoms with van der Waals surface area (Å²) in [5.41, 5.74) is 2.39. The standard InChI is InChI=1S/C18H27N5/c1-3-8-23-11-7-20-18(23)15-21-9-4-10-22(13-12-21)17-5-6-19-16(2)14-17/h5-7,11,14H,3-4,8-10,12-13,15H2,1-2H3. The van der Waals surface area contributed by atoms with Crippen molar-refractivity contribution in [1.82, 2.24) is 19.4 Å². The van der Waals surface area contributed by atoms with Crippen LogP contribution in [-0.4, -0.2) is 45.6 Å². The van der Waals surface area contributed by atoms with Crippen molar-refractivity contribution in [3.63, 3.8) is 0 Å². The summed E-state index contributed by atoms with van der Waals surface area (Å²) in [6, 6.07) is 4.31. The van der Waals surface area contributed by atoms with Crippen LogP contribution in [0.2, 0.25) is 0 Å². The summed E-state index contributed by atoms with van der Waals surface area (Å²) in [6.45, 7) is 10.7. The van der Waals surface area contributed by atoms with Crippen LogP contribution in [0.3, 0.4) is 0 Å². The molecule has 5 nitrogen and oxygen atoms in total. The lowest BCUT2D eigenvalue weighted by Gasteiger charge is -2.23. The molecule has 0 bridgehead atoms. The fraction of sp³-hybridized carbons (Fsp3) is 0.556. The number of pyridine rings is 1. The third-order valence-corrected chi connectivity index (χ3v) is 4.47. The fourth-order valence-corrected chi connectivity index (χ4v) is 3.25.